The molecular weight excluding hydrogens is 450 g/mol. The van der Waals surface area contributed by atoms with Crippen LogP contribution < -0.4 is 9.80 Å². The largest absolute Gasteiger partial charge is 0.353 e. The number of aromatic nitrogens is 4. The first kappa shape index (κ1) is 21.0. The molecule has 1 aromatic carbocycles. The Morgan fingerprint density at radius 2 is 1.59 bits per heavy atom. The van der Waals surface area contributed by atoms with E-state index < -0.39 is 10.8 Å². The van der Waals surface area contributed by atoms with Crippen LogP contribution in [-0.2, 0) is 15.6 Å². The first-order valence-electron chi connectivity index (χ1n) is 10.5. The van der Waals surface area contributed by atoms with Crippen LogP contribution in [0.4, 0.5) is 11.8 Å². The summed E-state index contributed by atoms with van der Waals surface area (Å²) in [4.78, 5) is 35.9. The minimum Gasteiger partial charge on any atom is -0.353 e. The van der Waals surface area contributed by atoms with E-state index in [0.29, 0.717) is 79.4 Å². The third-order valence-corrected chi connectivity index (χ3v) is 7.27. The van der Waals surface area contributed by atoms with E-state index in [1.54, 1.807) is 4.90 Å². The van der Waals surface area contributed by atoms with Crippen LogP contribution in [-0.4, -0.2) is 86.2 Å². The lowest BCUT2D eigenvalue weighted by molar-refractivity contribution is -0.118. The van der Waals surface area contributed by atoms with Crippen molar-refractivity contribution in [2.24, 2.45) is 0 Å². The van der Waals surface area contributed by atoms with Crippen molar-refractivity contribution in [3.63, 3.8) is 0 Å². The molecule has 3 aromatic rings. The van der Waals surface area contributed by atoms with E-state index in [1.807, 2.05) is 35.2 Å². The van der Waals surface area contributed by atoms with Crippen molar-refractivity contribution in [3.8, 4) is 11.3 Å². The second-order valence-electron chi connectivity index (χ2n) is 7.71. The molecule has 166 valence electrons. The summed E-state index contributed by atoms with van der Waals surface area (Å²) >= 11 is 6.52. The van der Waals surface area contributed by atoms with Crippen LogP contribution in [0.15, 0.2) is 30.3 Å². The zero-order valence-corrected chi connectivity index (χ0v) is 18.9. The molecule has 2 fully saturated rings. The van der Waals surface area contributed by atoms with Crippen molar-refractivity contribution < 1.29 is 9.00 Å². The van der Waals surface area contributed by atoms with Gasteiger partial charge in [0.25, 0.3) is 0 Å². The molecule has 2 aliphatic heterocycles. The van der Waals surface area contributed by atoms with E-state index in [-0.39, 0.29) is 5.15 Å². The molecular formula is C21H22ClN7O2S. The number of fused-ring (bicyclic) bond motifs is 1. The van der Waals surface area contributed by atoms with Crippen molar-refractivity contribution in [1.29, 1.82) is 0 Å². The molecule has 2 saturated heterocycles. The number of amides is 1. The van der Waals surface area contributed by atoms with E-state index in [2.05, 4.69) is 14.9 Å². The van der Waals surface area contributed by atoms with Gasteiger partial charge in [-0.15, -0.1) is 0 Å². The topological polar surface area (TPSA) is 95.4 Å². The van der Waals surface area contributed by atoms with Crippen LogP contribution in [0, 0.1) is 0 Å². The fourth-order valence-corrected chi connectivity index (χ4v) is 5.20. The van der Waals surface area contributed by atoms with Crippen molar-refractivity contribution in [1.82, 2.24) is 24.8 Å². The summed E-state index contributed by atoms with van der Waals surface area (Å²) in [6.45, 7) is 3.75. The number of carbonyl (C=O) groups is 1. The van der Waals surface area contributed by atoms with Crippen molar-refractivity contribution in [3.05, 3.63) is 35.5 Å². The number of rotatable bonds is 4. The molecule has 0 N–H and O–H groups in total. The number of halogens is 1. The summed E-state index contributed by atoms with van der Waals surface area (Å²) in [5.74, 6) is 2.40. The van der Waals surface area contributed by atoms with Gasteiger partial charge in [-0.05, 0) is 0 Å². The van der Waals surface area contributed by atoms with E-state index in [0.717, 1.165) is 12.0 Å². The minimum atomic E-state index is -0.812. The highest BCUT2D eigenvalue weighted by atomic mass is 35.5. The van der Waals surface area contributed by atoms with Gasteiger partial charge in [-0.2, -0.15) is 9.97 Å². The molecule has 0 spiro atoms. The van der Waals surface area contributed by atoms with Gasteiger partial charge in [-0.3, -0.25) is 9.00 Å². The molecule has 4 heterocycles. The van der Waals surface area contributed by atoms with Crippen LogP contribution in [0.2, 0.25) is 5.15 Å². The Kier molecular flexibility index (Phi) is 5.88. The summed E-state index contributed by atoms with van der Waals surface area (Å²) in [6, 6.07) is 9.67. The summed E-state index contributed by atoms with van der Waals surface area (Å²) < 4.78 is 11.9. The maximum atomic E-state index is 11.9. The van der Waals surface area contributed by atoms with E-state index in [9.17, 15) is 9.00 Å². The molecule has 0 bridgehead atoms. The second-order valence-corrected chi connectivity index (χ2v) is 9.77. The normalized spacial score (nSPS) is 17.7. The lowest BCUT2D eigenvalue weighted by Gasteiger charge is -2.33. The Balaban J connectivity index is 1.61. The highest BCUT2D eigenvalue weighted by Gasteiger charge is 2.25. The van der Waals surface area contributed by atoms with Crippen LogP contribution >= 0.6 is 11.6 Å². The number of nitrogens with zero attached hydrogens (tertiary/aromatic N) is 7. The average Bonchev–Trinajstić information content (AvgIpc) is 2.84. The number of carbonyl (C=O) groups excluding carboxylic acids is 1. The molecule has 0 radical (unpaired) electrons. The van der Waals surface area contributed by atoms with Gasteiger partial charge in [-0.25, -0.2) is 9.97 Å². The van der Waals surface area contributed by atoms with Crippen molar-refractivity contribution in [2.75, 3.05) is 60.6 Å². The number of hydrogen-bond donors (Lipinski definition) is 0. The predicted molar refractivity (Wildman–Crippen MR) is 126 cm³/mol. The van der Waals surface area contributed by atoms with Crippen LogP contribution in [0.5, 0.6) is 0 Å². The van der Waals surface area contributed by atoms with Gasteiger partial charge in [0.2, 0.25) is 12.4 Å². The first-order chi connectivity index (χ1) is 15.6. The van der Waals surface area contributed by atoms with E-state index in [1.165, 1.54) is 0 Å². The Labute approximate surface area is 192 Å². The number of hydrogen-bond acceptors (Lipinski definition) is 8. The zero-order chi connectivity index (χ0) is 22.1. The Bertz CT molecular complexity index is 1160. The van der Waals surface area contributed by atoms with Gasteiger partial charge in [-0.1, -0.05) is 41.9 Å². The Morgan fingerprint density at radius 3 is 2.28 bits per heavy atom. The average molecular weight is 472 g/mol. The second kappa shape index (κ2) is 8.95. The van der Waals surface area contributed by atoms with Crippen molar-refractivity contribution in [2.45, 2.75) is 0 Å². The maximum absolute atomic E-state index is 11.9. The summed E-state index contributed by atoms with van der Waals surface area (Å²) in [5, 5.41) is 0.282. The molecule has 2 aromatic heterocycles. The summed E-state index contributed by atoms with van der Waals surface area (Å²) in [6.07, 6.45) is 0.869. The fraction of sp³-hybridized carbons (Fsp3) is 0.381. The van der Waals surface area contributed by atoms with E-state index in [4.69, 9.17) is 21.6 Å². The Morgan fingerprint density at radius 1 is 0.875 bits per heavy atom. The van der Waals surface area contributed by atoms with Gasteiger partial charge < -0.3 is 14.7 Å². The SMILES string of the molecule is O=CN1CCN(c2nc(N3CCS(=O)CC3)c3nc(-c4ccccc4)c(Cl)nc3n2)CC1. The van der Waals surface area contributed by atoms with Crippen LogP contribution in [0.25, 0.3) is 22.4 Å². The van der Waals surface area contributed by atoms with Gasteiger partial charge in [0.1, 0.15) is 5.69 Å². The standard InChI is InChI=1S/C21H22ClN7O2S/c22-18-16(15-4-2-1-3-5-15)23-17-19(24-18)25-21(29-8-6-27(14-30)7-9-29)26-20(17)28-10-12-32(31)13-11-28/h1-5,14H,6-13H2. The molecule has 2 aliphatic rings. The maximum Gasteiger partial charge on any atom is 0.229 e. The molecule has 5 rings (SSSR count). The summed E-state index contributed by atoms with van der Waals surface area (Å²) in [7, 11) is -0.812. The van der Waals surface area contributed by atoms with Gasteiger partial charge >= 0.3 is 0 Å². The molecule has 0 atom stereocenters. The molecule has 0 unspecified atom stereocenters. The molecule has 9 nitrogen and oxygen atoms in total. The number of piperazine rings is 1. The van der Waals surface area contributed by atoms with Gasteiger partial charge in [0.15, 0.2) is 22.1 Å². The summed E-state index contributed by atoms with van der Waals surface area (Å²) in [5.41, 5.74) is 2.46. The smallest absolute Gasteiger partial charge is 0.229 e. The third-order valence-electron chi connectivity index (χ3n) is 5.73. The van der Waals surface area contributed by atoms with E-state index >= 15 is 0 Å². The lowest BCUT2D eigenvalue weighted by atomic mass is 10.1. The quantitative estimate of drug-likeness (QED) is 0.529. The molecule has 0 aliphatic carbocycles. The molecule has 11 heteroatoms. The third kappa shape index (κ3) is 4.12. The highest BCUT2D eigenvalue weighted by Crippen LogP contribution is 2.31. The van der Waals surface area contributed by atoms with Crippen molar-refractivity contribution >= 4 is 51.7 Å². The number of benzene rings is 1. The molecule has 1 amide bonds. The van der Waals surface area contributed by atoms with Gasteiger partial charge in [0.05, 0.1) is 0 Å². The fourth-order valence-electron chi connectivity index (χ4n) is 3.92. The highest BCUT2D eigenvalue weighted by molar-refractivity contribution is 7.85. The van der Waals surface area contributed by atoms with Crippen LogP contribution in [0.1, 0.15) is 0 Å². The van der Waals surface area contributed by atoms with Crippen LogP contribution in [0.3, 0.4) is 0 Å². The predicted octanol–water partition coefficient (Wildman–Crippen LogP) is 1.59. The zero-order valence-electron chi connectivity index (χ0n) is 17.4. The minimum absolute atomic E-state index is 0.282. The molecule has 32 heavy (non-hydrogen) atoms. The first-order valence-corrected chi connectivity index (χ1v) is 12.3. The number of anilines is 2. The Hall–Kier alpha value is -2.85. The van der Waals surface area contributed by atoms with Gasteiger partial charge in [0, 0.05) is 67.1 Å². The molecule has 0 saturated carbocycles. The monoisotopic (exact) mass is 471 g/mol. The lowest BCUT2D eigenvalue weighted by Crippen LogP contribution is -2.46.